The molecular formula is C18H22N4O3. The summed E-state index contributed by atoms with van der Waals surface area (Å²) in [7, 11) is 0. The van der Waals surface area contributed by atoms with Gasteiger partial charge in [0.05, 0.1) is 4.92 Å². The number of amides is 1. The first-order valence-corrected chi connectivity index (χ1v) is 8.21. The van der Waals surface area contributed by atoms with E-state index < -0.39 is 4.92 Å². The number of hydrogen-bond acceptors (Lipinski definition) is 5. The number of carbonyl (C=O) groups excluding carboxylic acids is 1. The molecule has 7 heteroatoms. The summed E-state index contributed by atoms with van der Waals surface area (Å²) >= 11 is 0. The van der Waals surface area contributed by atoms with Gasteiger partial charge in [0.25, 0.3) is 5.69 Å². The molecule has 0 fully saturated rings. The Labute approximate surface area is 146 Å². The van der Waals surface area contributed by atoms with Crippen molar-refractivity contribution in [3.05, 3.63) is 64.0 Å². The molecule has 0 atom stereocenters. The van der Waals surface area contributed by atoms with Gasteiger partial charge in [-0.15, -0.1) is 0 Å². The first kappa shape index (κ1) is 18.4. The van der Waals surface area contributed by atoms with Crippen molar-refractivity contribution in [1.29, 1.82) is 0 Å². The Morgan fingerprint density at radius 1 is 1.20 bits per heavy atom. The van der Waals surface area contributed by atoms with E-state index in [0.29, 0.717) is 38.0 Å². The maximum atomic E-state index is 11.8. The summed E-state index contributed by atoms with van der Waals surface area (Å²) in [6.07, 6.45) is 5.22. The number of pyridine rings is 1. The lowest BCUT2D eigenvalue weighted by molar-refractivity contribution is -0.384. The number of aromatic nitrogens is 1. The molecule has 0 spiro atoms. The second kappa shape index (κ2) is 9.36. The van der Waals surface area contributed by atoms with Crippen molar-refractivity contribution in [2.24, 2.45) is 0 Å². The Kier molecular flexibility index (Phi) is 6.88. The van der Waals surface area contributed by atoms with Crippen LogP contribution >= 0.6 is 0 Å². The number of carbonyl (C=O) groups is 1. The molecule has 1 aromatic heterocycles. The summed E-state index contributed by atoms with van der Waals surface area (Å²) in [5, 5.41) is 17.0. The monoisotopic (exact) mass is 342 g/mol. The van der Waals surface area contributed by atoms with Crippen molar-refractivity contribution < 1.29 is 9.72 Å². The van der Waals surface area contributed by atoms with Crippen LogP contribution in [0.5, 0.6) is 0 Å². The van der Waals surface area contributed by atoms with E-state index in [4.69, 9.17) is 0 Å². The van der Waals surface area contributed by atoms with Crippen LogP contribution in [0.15, 0.2) is 42.7 Å². The summed E-state index contributed by atoms with van der Waals surface area (Å²) < 4.78 is 0. The van der Waals surface area contributed by atoms with Crippen LogP contribution in [0.1, 0.15) is 24.0 Å². The molecule has 1 heterocycles. The molecule has 25 heavy (non-hydrogen) atoms. The lowest BCUT2D eigenvalue weighted by Crippen LogP contribution is -2.26. The molecule has 0 bridgehead atoms. The molecule has 2 N–H and O–H groups in total. The topological polar surface area (TPSA) is 97.2 Å². The van der Waals surface area contributed by atoms with E-state index >= 15 is 0 Å². The van der Waals surface area contributed by atoms with Crippen molar-refractivity contribution in [2.75, 3.05) is 18.4 Å². The van der Waals surface area contributed by atoms with Crippen LogP contribution in [0.25, 0.3) is 0 Å². The molecule has 0 radical (unpaired) electrons. The largest absolute Gasteiger partial charge is 0.379 e. The highest BCUT2D eigenvalue weighted by Crippen LogP contribution is 2.25. The van der Waals surface area contributed by atoms with Gasteiger partial charge in [-0.05, 0) is 49.1 Å². The van der Waals surface area contributed by atoms with E-state index in [0.717, 1.165) is 11.1 Å². The van der Waals surface area contributed by atoms with Gasteiger partial charge in [-0.25, -0.2) is 0 Å². The lowest BCUT2D eigenvalue weighted by Gasteiger charge is -2.09. The van der Waals surface area contributed by atoms with Gasteiger partial charge in [0.15, 0.2) is 0 Å². The second-order valence-electron chi connectivity index (χ2n) is 5.76. The molecule has 2 aromatic rings. The molecule has 1 aromatic carbocycles. The van der Waals surface area contributed by atoms with Crippen LogP contribution in [-0.4, -0.2) is 28.9 Å². The molecular weight excluding hydrogens is 320 g/mol. The van der Waals surface area contributed by atoms with Crippen LogP contribution in [0.3, 0.4) is 0 Å². The van der Waals surface area contributed by atoms with Crippen LogP contribution < -0.4 is 10.6 Å². The summed E-state index contributed by atoms with van der Waals surface area (Å²) in [5.41, 5.74) is 2.50. The van der Waals surface area contributed by atoms with Gasteiger partial charge in [0.2, 0.25) is 5.91 Å². The van der Waals surface area contributed by atoms with Crippen LogP contribution in [-0.2, 0) is 11.2 Å². The first-order chi connectivity index (χ1) is 12.1. The molecule has 2 rings (SSSR count). The molecule has 132 valence electrons. The van der Waals surface area contributed by atoms with Crippen molar-refractivity contribution in [1.82, 2.24) is 10.3 Å². The number of rotatable bonds is 9. The lowest BCUT2D eigenvalue weighted by atomic mass is 10.1. The minimum atomic E-state index is -0.393. The zero-order valence-electron chi connectivity index (χ0n) is 14.2. The van der Waals surface area contributed by atoms with E-state index in [2.05, 4.69) is 15.6 Å². The fraction of sp³-hybridized carbons (Fsp3) is 0.333. The average Bonchev–Trinajstić information content (AvgIpc) is 2.61. The maximum absolute atomic E-state index is 11.8. The van der Waals surface area contributed by atoms with Crippen LogP contribution in [0.2, 0.25) is 0 Å². The van der Waals surface area contributed by atoms with Gasteiger partial charge in [0.1, 0.15) is 5.69 Å². The maximum Gasteiger partial charge on any atom is 0.292 e. The van der Waals surface area contributed by atoms with Crippen LogP contribution in [0, 0.1) is 17.0 Å². The molecule has 0 saturated carbocycles. The summed E-state index contributed by atoms with van der Waals surface area (Å²) in [5.74, 6) is -0.00173. The van der Waals surface area contributed by atoms with Gasteiger partial charge < -0.3 is 10.6 Å². The number of hydrogen-bond donors (Lipinski definition) is 2. The zero-order valence-corrected chi connectivity index (χ0v) is 14.2. The minimum absolute atomic E-state index is 0.00173. The van der Waals surface area contributed by atoms with Crippen LogP contribution in [0.4, 0.5) is 11.4 Å². The Hall–Kier alpha value is -2.96. The van der Waals surface area contributed by atoms with Crippen molar-refractivity contribution in [2.45, 2.75) is 26.2 Å². The number of nitro groups is 1. The fourth-order valence-electron chi connectivity index (χ4n) is 2.38. The molecule has 0 aliphatic rings. The highest BCUT2D eigenvalue weighted by Gasteiger charge is 2.12. The van der Waals surface area contributed by atoms with E-state index in [1.165, 1.54) is 0 Å². The molecule has 1 amide bonds. The number of anilines is 1. The average molecular weight is 342 g/mol. The predicted molar refractivity (Wildman–Crippen MR) is 96.5 cm³/mol. The third kappa shape index (κ3) is 6.21. The highest BCUT2D eigenvalue weighted by molar-refractivity contribution is 5.76. The number of nitro benzene ring substituents is 1. The fourth-order valence-corrected chi connectivity index (χ4v) is 2.38. The minimum Gasteiger partial charge on any atom is -0.379 e. The van der Waals surface area contributed by atoms with E-state index in [9.17, 15) is 14.9 Å². The zero-order chi connectivity index (χ0) is 18.1. The molecule has 0 aliphatic heterocycles. The van der Waals surface area contributed by atoms with E-state index in [1.54, 1.807) is 24.5 Å². The third-order valence-electron chi connectivity index (χ3n) is 3.73. The van der Waals surface area contributed by atoms with Crippen molar-refractivity contribution in [3.8, 4) is 0 Å². The van der Waals surface area contributed by atoms with E-state index in [-0.39, 0.29) is 11.6 Å². The molecule has 7 nitrogen and oxygen atoms in total. The summed E-state index contributed by atoms with van der Waals surface area (Å²) in [6, 6.07) is 8.87. The molecule has 0 unspecified atom stereocenters. The third-order valence-corrected chi connectivity index (χ3v) is 3.73. The number of benzene rings is 1. The Bertz CT molecular complexity index is 720. The van der Waals surface area contributed by atoms with E-state index in [1.807, 2.05) is 25.1 Å². The number of aryl methyl sites for hydroxylation is 2. The normalized spacial score (nSPS) is 10.3. The smallest absolute Gasteiger partial charge is 0.292 e. The Balaban J connectivity index is 1.66. The summed E-state index contributed by atoms with van der Waals surface area (Å²) in [4.78, 5) is 26.4. The SMILES string of the molecule is Cc1ccc(NCCCNC(=O)CCc2ccncc2)c([N+](=O)[O-])c1. The van der Waals surface area contributed by atoms with Crippen molar-refractivity contribution >= 4 is 17.3 Å². The number of nitrogens with one attached hydrogen (secondary N) is 2. The quantitative estimate of drug-likeness (QED) is 0.415. The van der Waals surface area contributed by atoms with Gasteiger partial charge in [-0.1, -0.05) is 6.07 Å². The standard InChI is InChI=1S/C18H22N4O3/c1-14-3-5-16(17(13-14)22(24)25)20-9-2-10-21-18(23)6-4-15-7-11-19-12-8-15/h3,5,7-8,11-13,20H,2,4,6,9-10H2,1H3,(H,21,23). The number of nitrogens with zero attached hydrogens (tertiary/aromatic N) is 2. The first-order valence-electron chi connectivity index (χ1n) is 8.21. The van der Waals surface area contributed by atoms with Crippen molar-refractivity contribution in [3.63, 3.8) is 0 Å². The predicted octanol–water partition coefficient (Wildman–Crippen LogP) is 2.85. The molecule has 0 saturated heterocycles. The Morgan fingerprint density at radius 2 is 1.96 bits per heavy atom. The van der Waals surface area contributed by atoms with Gasteiger partial charge >= 0.3 is 0 Å². The second-order valence-corrected chi connectivity index (χ2v) is 5.76. The van der Waals surface area contributed by atoms with Gasteiger partial charge in [-0.2, -0.15) is 0 Å². The summed E-state index contributed by atoms with van der Waals surface area (Å²) in [6.45, 7) is 2.90. The molecule has 0 aliphatic carbocycles. The van der Waals surface area contributed by atoms with Gasteiger partial charge in [0, 0.05) is 38.0 Å². The van der Waals surface area contributed by atoms with Gasteiger partial charge in [-0.3, -0.25) is 19.9 Å². The Morgan fingerprint density at radius 3 is 2.68 bits per heavy atom. The highest BCUT2D eigenvalue weighted by atomic mass is 16.6.